The zero-order valence-corrected chi connectivity index (χ0v) is 17.6. The molecule has 0 fully saturated rings. The highest BCUT2D eigenvalue weighted by atomic mass is 32.2. The molecule has 144 valence electrons. The van der Waals surface area contributed by atoms with Gasteiger partial charge in [-0.3, -0.25) is 9.36 Å². The number of thiophene rings is 1. The number of nitrogens with zero attached hydrogens (tertiary/aromatic N) is 2. The molecule has 0 saturated heterocycles. The van der Waals surface area contributed by atoms with Crippen molar-refractivity contribution in [3.63, 3.8) is 0 Å². The van der Waals surface area contributed by atoms with Crippen LogP contribution in [0.3, 0.4) is 0 Å². The maximum atomic E-state index is 13.7. The normalized spacial score (nSPS) is 12.6. The molecule has 0 radical (unpaired) electrons. The van der Waals surface area contributed by atoms with Gasteiger partial charge in [0.1, 0.15) is 4.83 Å². The van der Waals surface area contributed by atoms with Crippen molar-refractivity contribution in [2.45, 2.75) is 24.5 Å². The molecule has 4 aromatic rings. The van der Waals surface area contributed by atoms with E-state index in [0.717, 1.165) is 39.5 Å². The molecule has 3 nitrogen and oxygen atoms in total. The molecule has 5 rings (SSSR count). The fourth-order valence-corrected chi connectivity index (χ4v) is 6.00. The molecule has 0 aliphatic heterocycles. The van der Waals surface area contributed by atoms with Crippen molar-refractivity contribution in [3.8, 4) is 10.4 Å². The van der Waals surface area contributed by atoms with Gasteiger partial charge in [0, 0.05) is 10.6 Å². The van der Waals surface area contributed by atoms with E-state index in [1.54, 1.807) is 23.1 Å². The van der Waals surface area contributed by atoms with E-state index in [-0.39, 0.29) is 5.56 Å². The Balaban J connectivity index is 1.73. The molecule has 2 aromatic heterocycles. The number of fused-ring (bicyclic) bond motifs is 5. The second-order valence-corrected chi connectivity index (χ2v) is 9.10. The van der Waals surface area contributed by atoms with Crippen LogP contribution in [-0.4, -0.2) is 15.3 Å². The van der Waals surface area contributed by atoms with E-state index in [1.165, 1.54) is 21.6 Å². The Morgan fingerprint density at radius 2 is 1.90 bits per heavy atom. The van der Waals surface area contributed by atoms with Gasteiger partial charge in [-0.2, -0.15) is 0 Å². The van der Waals surface area contributed by atoms with Crippen LogP contribution in [0.25, 0.3) is 20.7 Å². The molecule has 0 unspecified atom stereocenters. The monoisotopic (exact) mass is 416 g/mol. The summed E-state index contributed by atoms with van der Waals surface area (Å²) in [6, 6.07) is 18.6. The van der Waals surface area contributed by atoms with Gasteiger partial charge in [0.25, 0.3) is 5.56 Å². The molecule has 0 amide bonds. The van der Waals surface area contributed by atoms with Crippen molar-refractivity contribution >= 4 is 33.3 Å². The lowest BCUT2D eigenvalue weighted by molar-refractivity contribution is 0.659. The molecular formula is C24H20N2OS2. The van der Waals surface area contributed by atoms with Crippen LogP contribution in [-0.2, 0) is 19.4 Å². The molecule has 5 heteroatoms. The smallest absolute Gasteiger partial charge is 0.263 e. The third kappa shape index (κ3) is 3.24. The Kier molecular flexibility index (Phi) is 4.86. The topological polar surface area (TPSA) is 34.9 Å². The van der Waals surface area contributed by atoms with Crippen molar-refractivity contribution in [2.24, 2.45) is 0 Å². The number of thioether (sulfide) groups is 1. The van der Waals surface area contributed by atoms with Crippen LogP contribution in [0.5, 0.6) is 0 Å². The van der Waals surface area contributed by atoms with Crippen LogP contribution in [0.4, 0.5) is 0 Å². The van der Waals surface area contributed by atoms with Crippen molar-refractivity contribution in [1.29, 1.82) is 0 Å². The molecular weight excluding hydrogens is 396 g/mol. The van der Waals surface area contributed by atoms with Crippen LogP contribution < -0.4 is 5.56 Å². The fraction of sp³-hybridized carbons (Fsp3) is 0.167. The van der Waals surface area contributed by atoms with E-state index in [9.17, 15) is 4.79 Å². The summed E-state index contributed by atoms with van der Waals surface area (Å²) in [6.45, 7) is 4.35. The number of rotatable bonds is 5. The molecule has 1 aliphatic rings. The Hall–Kier alpha value is -2.63. The summed E-state index contributed by atoms with van der Waals surface area (Å²) in [4.78, 5) is 20.7. The van der Waals surface area contributed by atoms with Gasteiger partial charge in [0.05, 0.1) is 11.9 Å². The predicted molar refractivity (Wildman–Crippen MR) is 123 cm³/mol. The lowest BCUT2D eigenvalue weighted by Gasteiger charge is -2.16. The fourth-order valence-electron chi connectivity index (χ4n) is 3.94. The maximum Gasteiger partial charge on any atom is 0.263 e. The number of benzene rings is 2. The maximum absolute atomic E-state index is 13.7. The number of hydrogen-bond acceptors (Lipinski definition) is 4. The first-order valence-electron chi connectivity index (χ1n) is 9.68. The third-order valence-electron chi connectivity index (χ3n) is 5.30. The zero-order valence-electron chi connectivity index (χ0n) is 15.9. The summed E-state index contributed by atoms with van der Waals surface area (Å²) in [5, 5.41) is 1.57. The molecule has 0 N–H and O–H groups in total. The van der Waals surface area contributed by atoms with E-state index in [1.807, 2.05) is 28.8 Å². The van der Waals surface area contributed by atoms with Gasteiger partial charge in [-0.15, -0.1) is 17.9 Å². The molecule has 29 heavy (non-hydrogen) atoms. The van der Waals surface area contributed by atoms with E-state index in [2.05, 4.69) is 43.0 Å². The minimum absolute atomic E-state index is 0.0716. The van der Waals surface area contributed by atoms with Gasteiger partial charge in [0.2, 0.25) is 0 Å². The van der Waals surface area contributed by atoms with Gasteiger partial charge in [-0.05, 0) is 35.1 Å². The predicted octanol–water partition coefficient (Wildman–Crippen LogP) is 5.55. The van der Waals surface area contributed by atoms with Crippen molar-refractivity contribution in [3.05, 3.63) is 94.3 Å². The van der Waals surface area contributed by atoms with E-state index in [0.29, 0.717) is 6.54 Å². The first kappa shape index (κ1) is 18.4. The van der Waals surface area contributed by atoms with Crippen molar-refractivity contribution in [2.75, 3.05) is 5.75 Å². The van der Waals surface area contributed by atoms with Crippen LogP contribution >= 0.6 is 23.1 Å². The summed E-state index contributed by atoms with van der Waals surface area (Å²) in [5.74, 6) is 0.723. The number of aryl methyl sites for hydroxylation is 2. The Morgan fingerprint density at radius 1 is 1.10 bits per heavy atom. The lowest BCUT2D eigenvalue weighted by Crippen LogP contribution is -2.24. The second-order valence-electron chi connectivity index (χ2n) is 7.12. The van der Waals surface area contributed by atoms with Gasteiger partial charge in [0.15, 0.2) is 5.16 Å². The first-order chi connectivity index (χ1) is 14.3. The summed E-state index contributed by atoms with van der Waals surface area (Å²) in [5.41, 5.74) is 4.96. The molecule has 2 heterocycles. The highest BCUT2D eigenvalue weighted by Gasteiger charge is 2.25. The van der Waals surface area contributed by atoms with Crippen molar-refractivity contribution in [1.82, 2.24) is 9.55 Å². The van der Waals surface area contributed by atoms with E-state index in [4.69, 9.17) is 4.98 Å². The molecule has 1 aliphatic carbocycles. The van der Waals surface area contributed by atoms with Gasteiger partial charge in [-0.25, -0.2) is 4.98 Å². The Labute approximate surface area is 177 Å². The van der Waals surface area contributed by atoms with Gasteiger partial charge in [-0.1, -0.05) is 72.4 Å². The molecule has 0 bridgehead atoms. The summed E-state index contributed by atoms with van der Waals surface area (Å²) >= 11 is 3.22. The molecule has 2 aromatic carbocycles. The van der Waals surface area contributed by atoms with E-state index < -0.39 is 0 Å². The van der Waals surface area contributed by atoms with Crippen LogP contribution in [0.1, 0.15) is 16.7 Å². The summed E-state index contributed by atoms with van der Waals surface area (Å²) in [7, 11) is 0. The SMILES string of the molecule is C=CCSc1nc2sc3c(c2c(=O)n1Cc1ccccc1)CCc1ccccc1-3. The van der Waals surface area contributed by atoms with Crippen LogP contribution in [0.15, 0.2) is 77.2 Å². The summed E-state index contributed by atoms with van der Waals surface area (Å²) in [6.07, 6.45) is 3.72. The highest BCUT2D eigenvalue weighted by Crippen LogP contribution is 2.42. The number of hydrogen-bond donors (Lipinski definition) is 0. The molecule has 0 saturated carbocycles. The Bertz CT molecular complexity index is 1270. The minimum Gasteiger partial charge on any atom is -0.283 e. The third-order valence-corrected chi connectivity index (χ3v) is 7.43. The molecule has 0 atom stereocenters. The highest BCUT2D eigenvalue weighted by molar-refractivity contribution is 7.99. The quantitative estimate of drug-likeness (QED) is 0.243. The van der Waals surface area contributed by atoms with E-state index >= 15 is 0 Å². The largest absolute Gasteiger partial charge is 0.283 e. The van der Waals surface area contributed by atoms with Gasteiger partial charge < -0.3 is 0 Å². The average molecular weight is 417 g/mol. The first-order valence-corrected chi connectivity index (χ1v) is 11.5. The lowest BCUT2D eigenvalue weighted by atomic mass is 9.90. The standard InChI is InChI=1S/C24H20N2OS2/c1-2-14-28-24-25-22-20(23(27)26(24)15-16-8-4-3-5-9-16)19-13-12-17-10-6-7-11-18(17)21(19)29-22/h2-11H,1,12-15H2. The Morgan fingerprint density at radius 3 is 2.72 bits per heavy atom. The van der Waals surface area contributed by atoms with Crippen molar-refractivity contribution < 1.29 is 0 Å². The molecule has 0 spiro atoms. The second kappa shape index (κ2) is 7.65. The van der Waals surface area contributed by atoms with Crippen LogP contribution in [0, 0.1) is 0 Å². The minimum atomic E-state index is 0.0716. The number of aromatic nitrogens is 2. The zero-order chi connectivity index (χ0) is 19.8. The average Bonchev–Trinajstić information content (AvgIpc) is 3.14. The summed E-state index contributed by atoms with van der Waals surface area (Å²) < 4.78 is 1.83. The van der Waals surface area contributed by atoms with Gasteiger partial charge >= 0.3 is 0 Å². The van der Waals surface area contributed by atoms with Crippen LogP contribution in [0.2, 0.25) is 0 Å².